The summed E-state index contributed by atoms with van der Waals surface area (Å²) in [4.78, 5) is 11.2. The van der Waals surface area contributed by atoms with Crippen LogP contribution in [0.25, 0.3) is 0 Å². The van der Waals surface area contributed by atoms with Crippen LogP contribution in [0.1, 0.15) is 47.0 Å². The molecule has 0 radical (unpaired) electrons. The summed E-state index contributed by atoms with van der Waals surface area (Å²) >= 11 is 0. The van der Waals surface area contributed by atoms with Crippen LogP contribution < -0.4 is 5.32 Å². The molecule has 0 spiro atoms. The molecule has 0 bridgehead atoms. The van der Waals surface area contributed by atoms with Crippen LogP contribution in [-0.2, 0) is 14.0 Å². The first-order valence-electron chi connectivity index (χ1n) is 7.18. The number of carbonyl (C=O) groups excluding carboxylic acids is 1. The Labute approximate surface area is 121 Å². The SMILES string of the molecule is CNC(=O)OC1CC=C(B2OC(C)(C)C(C)(C)O2)CC1. The van der Waals surface area contributed by atoms with Gasteiger partial charge in [-0.1, -0.05) is 6.08 Å². The van der Waals surface area contributed by atoms with Crippen molar-refractivity contribution in [3.63, 3.8) is 0 Å². The van der Waals surface area contributed by atoms with Crippen LogP contribution in [-0.4, -0.2) is 37.6 Å². The molecule has 1 amide bonds. The molecule has 2 rings (SSSR count). The van der Waals surface area contributed by atoms with E-state index in [1.165, 1.54) is 0 Å². The third-order valence-corrected chi connectivity index (χ3v) is 4.43. The molecule has 6 heteroatoms. The molecule has 2 aliphatic rings. The van der Waals surface area contributed by atoms with Gasteiger partial charge < -0.3 is 19.4 Å². The van der Waals surface area contributed by atoms with Gasteiger partial charge in [-0.05, 0) is 46.0 Å². The maximum atomic E-state index is 11.2. The molecule has 1 aliphatic carbocycles. The Morgan fingerprint density at radius 1 is 1.35 bits per heavy atom. The highest BCUT2D eigenvalue weighted by Gasteiger charge is 2.52. The number of rotatable bonds is 2. The number of allylic oxidation sites excluding steroid dienone is 1. The van der Waals surface area contributed by atoms with Gasteiger partial charge in [-0.3, -0.25) is 0 Å². The minimum absolute atomic E-state index is 0.0545. The molecule has 0 saturated carbocycles. The van der Waals surface area contributed by atoms with E-state index in [1.807, 2.05) is 27.7 Å². The molecule has 1 saturated heterocycles. The largest absolute Gasteiger partial charge is 0.490 e. The van der Waals surface area contributed by atoms with Gasteiger partial charge in [0.2, 0.25) is 0 Å². The third-order valence-electron chi connectivity index (χ3n) is 4.43. The van der Waals surface area contributed by atoms with Crippen LogP contribution in [0, 0.1) is 0 Å². The monoisotopic (exact) mass is 281 g/mol. The van der Waals surface area contributed by atoms with E-state index in [0.717, 1.165) is 18.3 Å². The molecule has 1 heterocycles. The standard InChI is InChI=1S/C14H24BNO4/c1-13(2)14(3,4)20-15(19-13)10-6-8-11(9-7-10)18-12(17)16-5/h6,11H,7-9H2,1-5H3,(H,16,17). The molecule has 1 N–H and O–H groups in total. The molecule has 20 heavy (non-hydrogen) atoms. The summed E-state index contributed by atoms with van der Waals surface area (Å²) in [6, 6.07) is 0. The Hall–Kier alpha value is -1.01. The van der Waals surface area contributed by atoms with Gasteiger partial charge in [0.1, 0.15) is 6.10 Å². The third kappa shape index (κ3) is 3.01. The van der Waals surface area contributed by atoms with Crippen molar-refractivity contribution in [2.75, 3.05) is 7.05 Å². The van der Waals surface area contributed by atoms with Crippen molar-refractivity contribution < 1.29 is 18.8 Å². The Morgan fingerprint density at radius 2 is 1.95 bits per heavy atom. The molecule has 0 aromatic rings. The average molecular weight is 281 g/mol. The zero-order valence-electron chi connectivity index (χ0n) is 13.0. The van der Waals surface area contributed by atoms with Crippen molar-refractivity contribution in [2.45, 2.75) is 64.3 Å². The van der Waals surface area contributed by atoms with Crippen LogP contribution in [0.3, 0.4) is 0 Å². The van der Waals surface area contributed by atoms with Crippen LogP contribution >= 0.6 is 0 Å². The van der Waals surface area contributed by atoms with E-state index in [-0.39, 0.29) is 30.5 Å². The van der Waals surface area contributed by atoms with Crippen molar-refractivity contribution in [3.8, 4) is 0 Å². The van der Waals surface area contributed by atoms with Gasteiger partial charge >= 0.3 is 13.2 Å². The van der Waals surface area contributed by atoms with E-state index in [2.05, 4.69) is 11.4 Å². The quantitative estimate of drug-likeness (QED) is 0.790. The van der Waals surface area contributed by atoms with E-state index in [0.29, 0.717) is 6.42 Å². The molecular formula is C14H24BNO4. The Kier molecular flexibility index (Phi) is 4.16. The van der Waals surface area contributed by atoms with Crippen molar-refractivity contribution in [1.82, 2.24) is 5.32 Å². The molecule has 112 valence electrons. The summed E-state index contributed by atoms with van der Waals surface area (Å²) in [7, 11) is 1.29. The van der Waals surface area contributed by atoms with Gasteiger partial charge in [-0.25, -0.2) is 4.79 Å². The zero-order valence-corrected chi connectivity index (χ0v) is 13.0. The average Bonchev–Trinajstić information content (AvgIpc) is 2.59. The van der Waals surface area contributed by atoms with E-state index in [4.69, 9.17) is 14.0 Å². The van der Waals surface area contributed by atoms with Crippen LogP contribution in [0.2, 0.25) is 0 Å². The summed E-state index contributed by atoms with van der Waals surface area (Å²) in [6.45, 7) is 8.20. The van der Waals surface area contributed by atoms with E-state index >= 15 is 0 Å². The first-order chi connectivity index (χ1) is 9.25. The number of hydrogen-bond acceptors (Lipinski definition) is 4. The first kappa shape index (κ1) is 15.4. The fourth-order valence-electron chi connectivity index (χ4n) is 2.36. The van der Waals surface area contributed by atoms with Crippen LogP contribution in [0.15, 0.2) is 11.5 Å². The normalized spacial score (nSPS) is 27.9. The smallest absolute Gasteiger partial charge is 0.446 e. The second-order valence-electron chi connectivity index (χ2n) is 6.42. The highest BCUT2D eigenvalue weighted by Crippen LogP contribution is 2.40. The molecule has 0 aromatic carbocycles. The molecule has 5 nitrogen and oxygen atoms in total. The second kappa shape index (κ2) is 5.41. The number of hydrogen-bond donors (Lipinski definition) is 1. The van der Waals surface area contributed by atoms with Gasteiger partial charge in [0, 0.05) is 13.5 Å². The maximum absolute atomic E-state index is 11.2. The molecule has 1 aliphatic heterocycles. The molecule has 1 unspecified atom stereocenters. The van der Waals surface area contributed by atoms with Gasteiger partial charge in [0.05, 0.1) is 11.2 Å². The molecule has 1 atom stereocenters. The number of ether oxygens (including phenoxy) is 1. The Morgan fingerprint density at radius 3 is 2.40 bits per heavy atom. The van der Waals surface area contributed by atoms with E-state index < -0.39 is 0 Å². The Balaban J connectivity index is 1.95. The fourth-order valence-corrected chi connectivity index (χ4v) is 2.36. The van der Waals surface area contributed by atoms with Crippen LogP contribution in [0.5, 0.6) is 0 Å². The zero-order chi connectivity index (χ0) is 15.0. The minimum atomic E-state index is -0.373. The number of carbonyl (C=O) groups is 1. The lowest BCUT2D eigenvalue weighted by molar-refractivity contribution is 0.00578. The van der Waals surface area contributed by atoms with Crippen molar-refractivity contribution in [3.05, 3.63) is 11.5 Å². The number of nitrogens with one attached hydrogen (secondary N) is 1. The topological polar surface area (TPSA) is 56.8 Å². The minimum Gasteiger partial charge on any atom is -0.446 e. The lowest BCUT2D eigenvalue weighted by Gasteiger charge is -2.32. The number of amides is 1. The van der Waals surface area contributed by atoms with E-state index in [1.54, 1.807) is 7.05 Å². The second-order valence-corrected chi connectivity index (χ2v) is 6.42. The molecule has 0 aromatic heterocycles. The predicted molar refractivity (Wildman–Crippen MR) is 77.3 cm³/mol. The van der Waals surface area contributed by atoms with Crippen LogP contribution in [0.4, 0.5) is 4.79 Å². The number of alkyl carbamates (subject to hydrolysis) is 1. The van der Waals surface area contributed by atoms with Gasteiger partial charge in [0.15, 0.2) is 0 Å². The summed E-state index contributed by atoms with van der Waals surface area (Å²) in [5, 5.41) is 2.47. The summed E-state index contributed by atoms with van der Waals surface area (Å²) in [5.74, 6) is 0. The van der Waals surface area contributed by atoms with Crippen molar-refractivity contribution in [1.29, 1.82) is 0 Å². The summed E-state index contributed by atoms with van der Waals surface area (Å²) in [6.07, 6.45) is 4.01. The lowest BCUT2D eigenvalue weighted by atomic mass is 9.72. The first-order valence-corrected chi connectivity index (χ1v) is 7.18. The maximum Gasteiger partial charge on any atom is 0.490 e. The fraction of sp³-hybridized carbons (Fsp3) is 0.786. The van der Waals surface area contributed by atoms with Gasteiger partial charge in [-0.2, -0.15) is 0 Å². The summed E-state index contributed by atoms with van der Waals surface area (Å²) < 4.78 is 17.3. The highest BCUT2D eigenvalue weighted by atomic mass is 16.7. The van der Waals surface area contributed by atoms with Gasteiger partial charge in [-0.15, -0.1) is 0 Å². The van der Waals surface area contributed by atoms with E-state index in [9.17, 15) is 4.79 Å². The highest BCUT2D eigenvalue weighted by molar-refractivity contribution is 6.54. The van der Waals surface area contributed by atoms with Gasteiger partial charge in [0.25, 0.3) is 0 Å². The van der Waals surface area contributed by atoms with Crippen molar-refractivity contribution in [2.24, 2.45) is 0 Å². The predicted octanol–water partition coefficient (Wildman–Crippen LogP) is 2.45. The Bertz CT molecular complexity index is 403. The van der Waals surface area contributed by atoms with Crippen molar-refractivity contribution >= 4 is 13.2 Å². The lowest BCUT2D eigenvalue weighted by Crippen LogP contribution is -2.41. The summed E-state index contributed by atoms with van der Waals surface area (Å²) in [5.41, 5.74) is 0.530. The molecular weight excluding hydrogens is 257 g/mol. The molecule has 1 fully saturated rings.